The lowest BCUT2D eigenvalue weighted by atomic mass is 10.1. The average molecular weight is 586 g/mol. The highest BCUT2D eigenvalue weighted by Crippen LogP contribution is 2.32. The molecule has 3 aromatic heterocycles. The lowest BCUT2D eigenvalue weighted by Gasteiger charge is -2.31. The molecule has 1 N–H and O–H groups in total. The Morgan fingerprint density at radius 1 is 1.15 bits per heavy atom. The summed E-state index contributed by atoms with van der Waals surface area (Å²) in [5, 5.41) is 19.3. The van der Waals surface area contributed by atoms with Crippen molar-refractivity contribution >= 4 is 56.8 Å². The van der Waals surface area contributed by atoms with Crippen molar-refractivity contribution in [2.75, 3.05) is 38.7 Å². The number of hydrogen-bond acceptors (Lipinski definition) is 10. The van der Waals surface area contributed by atoms with E-state index in [1.165, 1.54) is 12.1 Å². The number of thiophene rings is 1. The number of halogens is 1. The number of carbonyl (C=O) groups is 2. The van der Waals surface area contributed by atoms with Gasteiger partial charge in [-0.1, -0.05) is 22.9 Å². The highest BCUT2D eigenvalue weighted by Gasteiger charge is 2.28. The highest BCUT2D eigenvalue weighted by molar-refractivity contribution is 7.17. The summed E-state index contributed by atoms with van der Waals surface area (Å²) in [6, 6.07) is 9.59. The van der Waals surface area contributed by atoms with Gasteiger partial charge in [0.25, 0.3) is 5.91 Å². The third-order valence-electron chi connectivity index (χ3n) is 6.37. The first-order chi connectivity index (χ1) is 19.3. The Hall–Kier alpha value is -4.14. The largest absolute Gasteiger partial charge is 0.447 e. The standard InChI is InChI=1S/C25H24ClN7O6S/c1-38-12-13-39-25(35)31-10-8-17(9-11-31)32-23-18(14-27-32)22(28-21(29-23)15-2-4-16(26)5-3-15)30-24(34)19-6-7-20(40-19)33(36)37/h2-7,14,17H,8-13H2,1H3,(H,28,29,30,34). The molecule has 0 bridgehead atoms. The van der Waals surface area contributed by atoms with Gasteiger partial charge in [0, 0.05) is 36.9 Å². The molecular formula is C25H24ClN7O6S. The number of methoxy groups -OCH3 is 1. The first-order valence-corrected chi connectivity index (χ1v) is 13.5. The quantitative estimate of drug-likeness (QED) is 0.174. The van der Waals surface area contributed by atoms with E-state index < -0.39 is 10.8 Å². The lowest BCUT2D eigenvalue weighted by molar-refractivity contribution is -0.380. The van der Waals surface area contributed by atoms with E-state index in [2.05, 4.69) is 15.4 Å². The predicted octanol–water partition coefficient (Wildman–Crippen LogP) is 4.79. The van der Waals surface area contributed by atoms with Crippen LogP contribution in [0.15, 0.2) is 42.6 Å². The van der Waals surface area contributed by atoms with Crippen LogP contribution in [-0.4, -0.2) is 75.0 Å². The van der Waals surface area contributed by atoms with E-state index in [-0.39, 0.29) is 34.4 Å². The lowest BCUT2D eigenvalue weighted by Crippen LogP contribution is -2.40. The molecular weight excluding hydrogens is 562 g/mol. The van der Waals surface area contributed by atoms with Gasteiger partial charge in [-0.3, -0.25) is 14.9 Å². The summed E-state index contributed by atoms with van der Waals surface area (Å²) in [6.07, 6.45) is 2.44. The fourth-order valence-electron chi connectivity index (χ4n) is 4.33. The second-order valence-electron chi connectivity index (χ2n) is 8.90. The van der Waals surface area contributed by atoms with Crippen molar-refractivity contribution < 1.29 is 24.0 Å². The molecule has 0 aliphatic carbocycles. The van der Waals surface area contributed by atoms with E-state index in [0.717, 1.165) is 11.3 Å². The Morgan fingerprint density at radius 3 is 2.58 bits per heavy atom. The minimum absolute atomic E-state index is 0.0583. The smallest absolute Gasteiger partial charge is 0.409 e. The fourth-order valence-corrected chi connectivity index (χ4v) is 5.17. The molecule has 4 aromatic rings. The number of rotatable bonds is 8. The molecule has 1 aromatic carbocycles. The van der Waals surface area contributed by atoms with Gasteiger partial charge in [0.1, 0.15) is 12.4 Å². The van der Waals surface area contributed by atoms with E-state index >= 15 is 0 Å². The fraction of sp³-hybridized carbons (Fsp3) is 0.320. The second kappa shape index (κ2) is 11.9. The molecule has 5 rings (SSSR count). The maximum atomic E-state index is 13.0. The second-order valence-corrected chi connectivity index (χ2v) is 10.4. The van der Waals surface area contributed by atoms with Crippen molar-refractivity contribution in [2.45, 2.75) is 18.9 Å². The van der Waals surface area contributed by atoms with Gasteiger partial charge in [0.05, 0.1) is 34.0 Å². The van der Waals surface area contributed by atoms with Crippen molar-refractivity contribution in [1.82, 2.24) is 24.6 Å². The molecule has 0 atom stereocenters. The molecule has 1 aliphatic rings. The van der Waals surface area contributed by atoms with Gasteiger partial charge in [0.15, 0.2) is 11.5 Å². The summed E-state index contributed by atoms with van der Waals surface area (Å²) >= 11 is 6.84. The molecule has 13 nitrogen and oxygen atoms in total. The third-order valence-corrected chi connectivity index (χ3v) is 7.65. The van der Waals surface area contributed by atoms with Crippen LogP contribution >= 0.6 is 22.9 Å². The van der Waals surface area contributed by atoms with Crippen LogP contribution in [-0.2, 0) is 9.47 Å². The molecule has 1 aliphatic heterocycles. The van der Waals surface area contributed by atoms with Gasteiger partial charge >= 0.3 is 11.1 Å². The van der Waals surface area contributed by atoms with E-state index in [1.54, 1.807) is 47.2 Å². The summed E-state index contributed by atoms with van der Waals surface area (Å²) in [5.74, 6) is 0.0344. The van der Waals surface area contributed by atoms with Crippen molar-refractivity contribution in [1.29, 1.82) is 0 Å². The Labute approximate surface area is 236 Å². The first-order valence-electron chi connectivity index (χ1n) is 12.3. The summed E-state index contributed by atoms with van der Waals surface area (Å²) < 4.78 is 11.9. The van der Waals surface area contributed by atoms with E-state index in [9.17, 15) is 19.7 Å². The van der Waals surface area contributed by atoms with E-state index in [4.69, 9.17) is 26.1 Å². The monoisotopic (exact) mass is 585 g/mol. The number of nitro groups is 1. The zero-order chi connectivity index (χ0) is 28.2. The number of amides is 2. The Bertz CT molecular complexity index is 1550. The molecule has 2 amide bonds. The minimum Gasteiger partial charge on any atom is -0.447 e. The molecule has 1 saturated heterocycles. The molecule has 0 spiro atoms. The van der Waals surface area contributed by atoms with Gasteiger partial charge in [-0.2, -0.15) is 5.10 Å². The molecule has 0 radical (unpaired) electrons. The topological polar surface area (TPSA) is 155 Å². The van der Waals surface area contributed by atoms with Gasteiger partial charge in [-0.05, 0) is 43.2 Å². The van der Waals surface area contributed by atoms with Gasteiger partial charge in [-0.25, -0.2) is 19.4 Å². The SMILES string of the molecule is COCCOC(=O)N1CCC(n2ncc3c(NC(=O)c4ccc([N+](=O)[O-])s4)nc(-c4ccc(Cl)cc4)nc32)CC1. The Morgan fingerprint density at radius 2 is 1.90 bits per heavy atom. The van der Waals surface area contributed by atoms with Crippen LogP contribution in [0, 0.1) is 10.1 Å². The van der Waals surface area contributed by atoms with Crippen molar-refractivity contribution in [3.05, 3.63) is 62.6 Å². The van der Waals surface area contributed by atoms with Crippen molar-refractivity contribution in [3.8, 4) is 11.4 Å². The molecule has 1 fully saturated rings. The molecule has 4 heterocycles. The third kappa shape index (κ3) is 5.88. The predicted molar refractivity (Wildman–Crippen MR) is 148 cm³/mol. The number of nitrogens with zero attached hydrogens (tertiary/aromatic N) is 6. The maximum absolute atomic E-state index is 13.0. The number of piperidine rings is 1. The van der Waals surface area contributed by atoms with E-state index in [0.29, 0.717) is 60.0 Å². The number of likely N-dealkylation sites (tertiary alicyclic amines) is 1. The number of fused-ring (bicyclic) bond motifs is 1. The zero-order valence-corrected chi connectivity index (χ0v) is 22.9. The summed E-state index contributed by atoms with van der Waals surface area (Å²) in [6.45, 7) is 1.48. The molecule has 40 heavy (non-hydrogen) atoms. The Balaban J connectivity index is 1.44. The number of hydrogen-bond donors (Lipinski definition) is 1. The Kier molecular flexibility index (Phi) is 8.19. The van der Waals surface area contributed by atoms with Crippen LogP contribution in [0.4, 0.5) is 15.6 Å². The first kappa shape index (κ1) is 27.4. The van der Waals surface area contributed by atoms with Crippen LogP contribution in [0.5, 0.6) is 0 Å². The van der Waals surface area contributed by atoms with Crippen LogP contribution in [0.3, 0.4) is 0 Å². The van der Waals surface area contributed by atoms with Gasteiger partial charge < -0.3 is 19.7 Å². The zero-order valence-electron chi connectivity index (χ0n) is 21.3. The summed E-state index contributed by atoms with van der Waals surface area (Å²) in [4.78, 5) is 47.0. The number of aromatic nitrogens is 4. The molecule has 0 unspecified atom stereocenters. The number of nitrogens with one attached hydrogen (secondary N) is 1. The van der Waals surface area contributed by atoms with Crippen LogP contribution in [0.25, 0.3) is 22.4 Å². The number of benzene rings is 1. The normalized spacial score (nSPS) is 13.9. The van der Waals surface area contributed by atoms with Crippen LogP contribution in [0.1, 0.15) is 28.6 Å². The van der Waals surface area contributed by atoms with Crippen molar-refractivity contribution in [3.63, 3.8) is 0 Å². The number of anilines is 1. The van der Waals surface area contributed by atoms with Gasteiger partial charge in [-0.15, -0.1) is 0 Å². The molecule has 15 heteroatoms. The highest BCUT2D eigenvalue weighted by atomic mass is 35.5. The van der Waals surface area contributed by atoms with Crippen molar-refractivity contribution in [2.24, 2.45) is 0 Å². The molecule has 208 valence electrons. The van der Waals surface area contributed by atoms with Crippen LogP contribution in [0.2, 0.25) is 5.02 Å². The van der Waals surface area contributed by atoms with Crippen LogP contribution < -0.4 is 5.32 Å². The summed E-state index contributed by atoms with van der Waals surface area (Å²) in [5.41, 5.74) is 1.18. The van der Waals surface area contributed by atoms with Gasteiger partial charge in [0.2, 0.25) is 0 Å². The molecule has 0 saturated carbocycles. The number of ether oxygens (including phenoxy) is 2. The number of carbonyl (C=O) groups excluding carboxylic acids is 2. The van der Waals surface area contributed by atoms with E-state index in [1.807, 2.05) is 0 Å². The maximum Gasteiger partial charge on any atom is 0.409 e. The average Bonchev–Trinajstić information content (AvgIpc) is 3.62. The minimum atomic E-state index is -0.544. The summed E-state index contributed by atoms with van der Waals surface area (Å²) in [7, 11) is 1.54.